The highest BCUT2D eigenvalue weighted by Crippen LogP contribution is 2.28. The third-order valence-electron chi connectivity index (χ3n) is 6.63. The van der Waals surface area contributed by atoms with Crippen molar-refractivity contribution in [2.75, 3.05) is 23.7 Å². The van der Waals surface area contributed by atoms with E-state index < -0.39 is 0 Å². The molecule has 0 atom stereocenters. The van der Waals surface area contributed by atoms with Gasteiger partial charge in [-0.1, -0.05) is 0 Å². The first-order valence-corrected chi connectivity index (χ1v) is 11.9. The Morgan fingerprint density at radius 3 is 2.72 bits per heavy atom. The van der Waals surface area contributed by atoms with Crippen LogP contribution in [0.2, 0.25) is 0 Å². The van der Waals surface area contributed by atoms with E-state index in [1.54, 1.807) is 48.5 Å². The van der Waals surface area contributed by atoms with Gasteiger partial charge in [-0.25, -0.2) is 4.52 Å². The molecule has 1 aliphatic heterocycles. The third-order valence-corrected chi connectivity index (χ3v) is 6.63. The van der Waals surface area contributed by atoms with E-state index in [-0.39, 0.29) is 17.4 Å². The van der Waals surface area contributed by atoms with Crippen LogP contribution in [-0.4, -0.2) is 59.9 Å². The van der Waals surface area contributed by atoms with Crippen molar-refractivity contribution in [1.82, 2.24) is 29.5 Å². The lowest BCUT2D eigenvalue weighted by Crippen LogP contribution is -2.42. The maximum Gasteiger partial charge on any atom is 0.259 e. The Hall–Kier alpha value is -4.18. The van der Waals surface area contributed by atoms with Crippen LogP contribution in [0, 0.1) is 6.92 Å². The summed E-state index contributed by atoms with van der Waals surface area (Å²) < 4.78 is 1.62. The number of aryl methyl sites for hydroxylation is 1. The summed E-state index contributed by atoms with van der Waals surface area (Å²) in [5.41, 5.74) is 4.20. The van der Waals surface area contributed by atoms with Gasteiger partial charge in [0.05, 0.1) is 65.2 Å². The topological polar surface area (TPSA) is 117 Å². The second kappa shape index (κ2) is 9.46. The van der Waals surface area contributed by atoms with Crippen LogP contribution in [0.4, 0.5) is 11.4 Å². The average Bonchev–Trinajstić information content (AvgIpc) is 3.43. The Balaban J connectivity index is 1.30. The number of rotatable bonds is 6. The van der Waals surface area contributed by atoms with Gasteiger partial charge in [-0.15, -0.1) is 0 Å². The van der Waals surface area contributed by atoms with Gasteiger partial charge in [0, 0.05) is 23.5 Å². The van der Waals surface area contributed by atoms with Gasteiger partial charge in [0.15, 0.2) is 0 Å². The van der Waals surface area contributed by atoms with Crippen molar-refractivity contribution in [3.8, 4) is 11.3 Å². The molecule has 2 amide bonds. The van der Waals surface area contributed by atoms with E-state index in [4.69, 9.17) is 0 Å². The summed E-state index contributed by atoms with van der Waals surface area (Å²) in [5, 5.41) is 10.1. The number of carbonyl (C=O) groups excluding carboxylic acids is 2. The molecule has 36 heavy (non-hydrogen) atoms. The molecule has 0 spiro atoms. The Morgan fingerprint density at radius 2 is 1.97 bits per heavy atom. The van der Waals surface area contributed by atoms with Crippen LogP contribution in [0.1, 0.15) is 42.7 Å². The highest BCUT2D eigenvalue weighted by Gasteiger charge is 2.32. The normalized spacial score (nSPS) is 15.2. The Kier molecular flexibility index (Phi) is 6.19. The van der Waals surface area contributed by atoms with Crippen LogP contribution < -0.4 is 10.6 Å². The second-order valence-corrected chi connectivity index (χ2v) is 9.60. The van der Waals surface area contributed by atoms with Gasteiger partial charge in [0.2, 0.25) is 5.91 Å². The average molecular weight is 485 g/mol. The van der Waals surface area contributed by atoms with Crippen molar-refractivity contribution in [3.63, 3.8) is 0 Å². The molecule has 0 radical (unpaired) electrons. The third kappa shape index (κ3) is 4.80. The standard InChI is InChI=1S/C26H28N8O2/c1-17-21(10-19(12-28-17)31-24(35)16-33-9-5-7-26(33,2)3)32-25(36)20-13-30-34-15-22(29-14-23(20)34)18-6-4-8-27-11-18/h4,6,8,10-15H,5,7,9,16H2,1-3H3,(H,31,35)(H,32,36). The Bertz CT molecular complexity index is 1430. The van der Waals surface area contributed by atoms with Crippen molar-refractivity contribution in [2.45, 2.75) is 39.2 Å². The van der Waals surface area contributed by atoms with Gasteiger partial charge in [-0.05, 0) is 58.4 Å². The highest BCUT2D eigenvalue weighted by molar-refractivity contribution is 6.09. The predicted molar refractivity (Wildman–Crippen MR) is 137 cm³/mol. The van der Waals surface area contributed by atoms with Gasteiger partial charge >= 0.3 is 0 Å². The number of aromatic nitrogens is 5. The summed E-state index contributed by atoms with van der Waals surface area (Å²) in [6.45, 7) is 7.34. The van der Waals surface area contributed by atoms with E-state index >= 15 is 0 Å². The molecule has 184 valence electrons. The fraction of sp³-hybridized carbons (Fsp3) is 0.308. The van der Waals surface area contributed by atoms with Gasteiger partial charge < -0.3 is 10.6 Å². The summed E-state index contributed by atoms with van der Waals surface area (Å²) in [4.78, 5) is 40.9. The summed E-state index contributed by atoms with van der Waals surface area (Å²) >= 11 is 0. The molecule has 0 saturated carbocycles. The number of fused-ring (bicyclic) bond motifs is 1. The second-order valence-electron chi connectivity index (χ2n) is 9.60. The molecule has 10 heteroatoms. The number of hydrogen-bond acceptors (Lipinski definition) is 7. The van der Waals surface area contributed by atoms with Crippen LogP contribution in [0.25, 0.3) is 16.8 Å². The number of likely N-dealkylation sites (tertiary alicyclic amines) is 1. The smallest absolute Gasteiger partial charge is 0.259 e. The number of anilines is 2. The zero-order valence-corrected chi connectivity index (χ0v) is 20.5. The van der Waals surface area contributed by atoms with Crippen molar-refractivity contribution < 1.29 is 9.59 Å². The van der Waals surface area contributed by atoms with E-state index in [1.807, 2.05) is 12.1 Å². The van der Waals surface area contributed by atoms with Crippen molar-refractivity contribution in [3.05, 3.63) is 66.6 Å². The van der Waals surface area contributed by atoms with Crippen molar-refractivity contribution >= 4 is 28.7 Å². The predicted octanol–water partition coefficient (Wildman–Crippen LogP) is 3.56. The molecule has 1 fully saturated rings. The van der Waals surface area contributed by atoms with E-state index in [0.717, 1.165) is 24.9 Å². The summed E-state index contributed by atoms with van der Waals surface area (Å²) in [6.07, 6.45) is 12.1. The maximum absolute atomic E-state index is 13.1. The fourth-order valence-corrected chi connectivity index (χ4v) is 4.47. The zero-order chi connectivity index (χ0) is 25.3. The molecule has 0 unspecified atom stereocenters. The molecule has 4 aromatic rings. The van der Waals surface area contributed by atoms with Crippen LogP contribution in [0.5, 0.6) is 0 Å². The lowest BCUT2D eigenvalue weighted by molar-refractivity contribution is -0.118. The molecule has 1 saturated heterocycles. The molecule has 0 aliphatic carbocycles. The van der Waals surface area contributed by atoms with Gasteiger partial charge in [-0.2, -0.15) is 5.10 Å². The van der Waals surface area contributed by atoms with Gasteiger partial charge in [0.1, 0.15) is 0 Å². The molecule has 4 aromatic heterocycles. The van der Waals surface area contributed by atoms with Crippen LogP contribution in [-0.2, 0) is 4.79 Å². The molecule has 1 aliphatic rings. The summed E-state index contributed by atoms with van der Waals surface area (Å²) in [7, 11) is 0. The summed E-state index contributed by atoms with van der Waals surface area (Å²) in [6, 6.07) is 5.47. The molecule has 10 nitrogen and oxygen atoms in total. The molecule has 0 aromatic carbocycles. The van der Waals surface area contributed by atoms with Crippen LogP contribution >= 0.6 is 0 Å². The van der Waals surface area contributed by atoms with Crippen molar-refractivity contribution in [2.24, 2.45) is 0 Å². The lowest BCUT2D eigenvalue weighted by atomic mass is 10.0. The maximum atomic E-state index is 13.1. The molecule has 5 rings (SSSR count). The minimum Gasteiger partial charge on any atom is -0.324 e. The van der Waals surface area contributed by atoms with E-state index in [9.17, 15) is 9.59 Å². The zero-order valence-electron chi connectivity index (χ0n) is 20.5. The molecule has 5 heterocycles. The van der Waals surface area contributed by atoms with Crippen LogP contribution in [0.15, 0.2) is 55.4 Å². The number of amides is 2. The molecule has 2 N–H and O–H groups in total. The van der Waals surface area contributed by atoms with Crippen LogP contribution in [0.3, 0.4) is 0 Å². The molecule has 0 bridgehead atoms. The van der Waals surface area contributed by atoms with E-state index in [1.165, 1.54) is 6.20 Å². The van der Waals surface area contributed by atoms with Gasteiger partial charge in [-0.3, -0.25) is 29.4 Å². The number of carbonyl (C=O) groups is 2. The number of nitrogens with one attached hydrogen (secondary N) is 2. The first kappa shape index (κ1) is 23.6. The number of pyridine rings is 2. The minimum absolute atomic E-state index is 0.0178. The quantitative estimate of drug-likeness (QED) is 0.430. The fourth-order valence-electron chi connectivity index (χ4n) is 4.47. The Morgan fingerprint density at radius 1 is 1.11 bits per heavy atom. The SMILES string of the molecule is Cc1ncc(NC(=O)CN2CCCC2(C)C)cc1NC(=O)c1cnn2cc(-c3cccnc3)ncc12. The van der Waals surface area contributed by atoms with E-state index in [0.29, 0.717) is 40.4 Å². The van der Waals surface area contributed by atoms with E-state index in [2.05, 4.69) is 49.4 Å². The van der Waals surface area contributed by atoms with Gasteiger partial charge in [0.25, 0.3) is 5.91 Å². The number of hydrogen-bond donors (Lipinski definition) is 2. The summed E-state index contributed by atoms with van der Waals surface area (Å²) in [5.74, 6) is -0.445. The first-order chi connectivity index (χ1) is 17.3. The molecular formula is C26H28N8O2. The first-order valence-electron chi connectivity index (χ1n) is 11.9. The lowest BCUT2D eigenvalue weighted by Gasteiger charge is -2.30. The highest BCUT2D eigenvalue weighted by atomic mass is 16.2. The molecular weight excluding hydrogens is 456 g/mol. The Labute approximate surface area is 208 Å². The number of nitrogens with zero attached hydrogens (tertiary/aromatic N) is 6. The monoisotopic (exact) mass is 484 g/mol. The largest absolute Gasteiger partial charge is 0.324 e. The van der Waals surface area contributed by atoms with Crippen molar-refractivity contribution in [1.29, 1.82) is 0 Å². The minimum atomic E-state index is -0.340.